The molecule has 1 atom stereocenters. The first-order chi connectivity index (χ1) is 16.9. The number of carboxylic acid groups (broad SMARTS) is 1. The van der Waals surface area contributed by atoms with Crippen LogP contribution in [0.3, 0.4) is 0 Å². The molecule has 3 aromatic carbocycles. The average Bonchev–Trinajstić information content (AvgIpc) is 3.28. The van der Waals surface area contributed by atoms with Crippen LogP contribution in [0.25, 0.3) is 5.57 Å². The first kappa shape index (κ1) is 23.3. The highest BCUT2D eigenvalue weighted by Gasteiger charge is 2.46. The van der Waals surface area contributed by atoms with Gasteiger partial charge < -0.3 is 10.0 Å². The molecule has 6 nitrogen and oxygen atoms in total. The number of carbonyl (C=O) groups is 3. The number of halogens is 1. The lowest BCUT2D eigenvalue weighted by Crippen LogP contribution is -2.37. The Kier molecular flexibility index (Phi) is 6.19. The molecule has 3 aromatic rings. The monoisotopic (exact) mass is 520 g/mol. The Morgan fingerprint density at radius 3 is 2.31 bits per heavy atom. The summed E-state index contributed by atoms with van der Waals surface area (Å²) in [6.45, 7) is 0.223. The summed E-state index contributed by atoms with van der Waals surface area (Å²) in [5.74, 6) is -2.18. The number of fused-ring (bicyclic) bond motifs is 1. The second-order valence-electron chi connectivity index (χ2n) is 7.90. The van der Waals surface area contributed by atoms with Crippen molar-refractivity contribution in [2.75, 3.05) is 4.90 Å². The van der Waals surface area contributed by atoms with Crippen LogP contribution in [0.1, 0.15) is 22.7 Å². The zero-order valence-corrected chi connectivity index (χ0v) is 20.4. The molecule has 2 amide bonds. The van der Waals surface area contributed by atoms with Crippen molar-refractivity contribution in [3.8, 4) is 0 Å². The zero-order valence-electron chi connectivity index (χ0n) is 18.1. The predicted octanol–water partition coefficient (Wildman–Crippen LogP) is 5.28. The van der Waals surface area contributed by atoms with Gasteiger partial charge in [0.25, 0.3) is 11.8 Å². The fourth-order valence-corrected chi connectivity index (χ4v) is 5.82. The van der Waals surface area contributed by atoms with Gasteiger partial charge in [-0.05, 0) is 23.3 Å². The largest absolute Gasteiger partial charge is 0.479 e. The number of thioether (sulfide) groups is 1. The lowest BCUT2D eigenvalue weighted by Gasteiger charge is -2.23. The molecule has 1 fully saturated rings. The number of hydrogen-bond donors (Lipinski definition) is 1. The lowest BCUT2D eigenvalue weighted by molar-refractivity contribution is -0.145. The molecule has 174 valence electrons. The van der Waals surface area contributed by atoms with E-state index in [-0.39, 0.29) is 27.3 Å². The van der Waals surface area contributed by atoms with Gasteiger partial charge in [-0.1, -0.05) is 102 Å². The smallest absolute Gasteiger partial charge is 0.331 e. The molecule has 0 aromatic heterocycles. The van der Waals surface area contributed by atoms with Crippen LogP contribution in [0.2, 0.25) is 5.02 Å². The lowest BCUT2D eigenvalue weighted by atomic mass is 10.0. The standard InChI is InChI=1S/C26H17ClN2O4S2/c27-18-12-6-4-10-16(18)14-28-19-13-7-5-11-17(19)20(23(28)30)22-24(31)29(26(34)35-22)21(25(32)33)15-8-2-1-3-9-15/h1-13,21H,14H2,(H,32,33)/b22-20-. The Bertz CT molecular complexity index is 1420. The number of carbonyl (C=O) groups excluding carboxylic acids is 2. The van der Waals surface area contributed by atoms with E-state index in [1.54, 1.807) is 53.4 Å². The quantitative estimate of drug-likeness (QED) is 0.364. The van der Waals surface area contributed by atoms with Gasteiger partial charge in [0.05, 0.1) is 22.7 Å². The van der Waals surface area contributed by atoms with E-state index in [1.807, 2.05) is 30.3 Å². The number of anilines is 1. The minimum Gasteiger partial charge on any atom is -0.479 e. The molecule has 1 saturated heterocycles. The highest BCUT2D eigenvalue weighted by atomic mass is 35.5. The van der Waals surface area contributed by atoms with Crippen LogP contribution in [0.4, 0.5) is 5.69 Å². The van der Waals surface area contributed by atoms with Gasteiger partial charge >= 0.3 is 5.97 Å². The normalized spacial score (nSPS) is 18.3. The highest BCUT2D eigenvalue weighted by molar-refractivity contribution is 8.26. The molecule has 1 unspecified atom stereocenters. The van der Waals surface area contributed by atoms with E-state index < -0.39 is 17.9 Å². The van der Waals surface area contributed by atoms with E-state index in [9.17, 15) is 19.5 Å². The number of para-hydroxylation sites is 1. The molecule has 2 aliphatic rings. The topological polar surface area (TPSA) is 77.9 Å². The predicted molar refractivity (Wildman–Crippen MR) is 140 cm³/mol. The number of carboxylic acids is 1. The maximum absolute atomic E-state index is 13.7. The van der Waals surface area contributed by atoms with Crippen LogP contribution in [0, 0.1) is 0 Å². The van der Waals surface area contributed by atoms with Crippen LogP contribution in [-0.4, -0.2) is 32.1 Å². The molecule has 5 rings (SSSR count). The minimum atomic E-state index is -1.30. The molecule has 0 aliphatic carbocycles. The Labute approximate surface area is 215 Å². The van der Waals surface area contributed by atoms with Gasteiger partial charge in [0.15, 0.2) is 6.04 Å². The average molecular weight is 521 g/mol. The van der Waals surface area contributed by atoms with E-state index >= 15 is 0 Å². The van der Waals surface area contributed by atoms with Crippen molar-refractivity contribution in [2.45, 2.75) is 12.6 Å². The molecule has 0 bridgehead atoms. The Hall–Kier alpha value is -3.46. The number of hydrogen-bond acceptors (Lipinski definition) is 5. The molecule has 0 spiro atoms. The second kappa shape index (κ2) is 9.30. The molecule has 9 heteroatoms. The van der Waals surface area contributed by atoms with E-state index in [2.05, 4.69) is 0 Å². The second-order valence-corrected chi connectivity index (χ2v) is 9.95. The van der Waals surface area contributed by atoms with Gasteiger partial charge in [-0.2, -0.15) is 0 Å². The molecule has 0 saturated carbocycles. The van der Waals surface area contributed by atoms with Crippen LogP contribution in [0.15, 0.2) is 83.8 Å². The summed E-state index contributed by atoms with van der Waals surface area (Å²) in [6, 6.07) is 21.6. The summed E-state index contributed by atoms with van der Waals surface area (Å²) in [5.41, 5.74) is 2.64. The minimum absolute atomic E-state index is 0.0867. The third kappa shape index (κ3) is 4.03. The van der Waals surface area contributed by atoms with Crippen molar-refractivity contribution in [1.82, 2.24) is 4.90 Å². The molecular formula is C26H17ClN2O4S2. The van der Waals surface area contributed by atoms with E-state index in [1.165, 1.54) is 0 Å². The number of benzene rings is 3. The summed E-state index contributed by atoms with van der Waals surface area (Å²) in [4.78, 5) is 42.2. The van der Waals surface area contributed by atoms with Crippen molar-refractivity contribution in [3.63, 3.8) is 0 Å². The number of amides is 2. The van der Waals surface area contributed by atoms with Crippen molar-refractivity contribution >= 4 is 68.9 Å². The Morgan fingerprint density at radius 1 is 0.943 bits per heavy atom. The Balaban J connectivity index is 1.58. The maximum Gasteiger partial charge on any atom is 0.331 e. The summed E-state index contributed by atoms with van der Waals surface area (Å²) < 4.78 is 0.0867. The van der Waals surface area contributed by atoms with Crippen molar-refractivity contribution in [3.05, 3.63) is 105 Å². The molecule has 2 aliphatic heterocycles. The van der Waals surface area contributed by atoms with Crippen molar-refractivity contribution < 1.29 is 19.5 Å². The molecule has 1 N–H and O–H groups in total. The molecule has 35 heavy (non-hydrogen) atoms. The van der Waals surface area contributed by atoms with Crippen LogP contribution in [-0.2, 0) is 20.9 Å². The zero-order chi connectivity index (χ0) is 24.7. The van der Waals surface area contributed by atoms with Crippen molar-refractivity contribution in [2.24, 2.45) is 0 Å². The third-order valence-corrected chi connectivity index (χ3v) is 7.61. The van der Waals surface area contributed by atoms with Gasteiger partial charge in [0.2, 0.25) is 0 Å². The number of nitrogens with zero attached hydrogens (tertiary/aromatic N) is 2. The molecule has 0 radical (unpaired) electrons. The summed E-state index contributed by atoms with van der Waals surface area (Å²) >= 11 is 12.7. The van der Waals surface area contributed by atoms with Crippen LogP contribution >= 0.6 is 35.6 Å². The number of rotatable bonds is 5. The maximum atomic E-state index is 13.7. The summed E-state index contributed by atoms with van der Waals surface area (Å²) in [5, 5.41) is 10.5. The summed E-state index contributed by atoms with van der Waals surface area (Å²) in [7, 11) is 0. The molecular weight excluding hydrogens is 504 g/mol. The SMILES string of the molecule is O=C(O)C(c1ccccc1)N1C(=O)/C(=C2/C(=O)N(Cc3ccccc3Cl)c3ccccc32)SC1=S. The third-order valence-electron chi connectivity index (χ3n) is 5.84. The first-order valence-electron chi connectivity index (χ1n) is 10.6. The van der Waals surface area contributed by atoms with E-state index in [4.69, 9.17) is 23.8 Å². The van der Waals surface area contributed by atoms with E-state index in [0.29, 0.717) is 21.8 Å². The van der Waals surface area contributed by atoms with Gasteiger partial charge in [0.1, 0.15) is 4.32 Å². The number of thiocarbonyl (C=S) groups is 1. The Morgan fingerprint density at radius 2 is 1.60 bits per heavy atom. The van der Waals surface area contributed by atoms with Gasteiger partial charge in [-0.25, -0.2) is 4.79 Å². The van der Waals surface area contributed by atoms with E-state index in [0.717, 1.165) is 22.2 Å². The fraction of sp³-hybridized carbons (Fsp3) is 0.0769. The summed E-state index contributed by atoms with van der Waals surface area (Å²) in [6.07, 6.45) is 0. The van der Waals surface area contributed by atoms with Crippen molar-refractivity contribution in [1.29, 1.82) is 0 Å². The van der Waals surface area contributed by atoms with Gasteiger partial charge in [-0.15, -0.1) is 0 Å². The van der Waals surface area contributed by atoms with Gasteiger partial charge in [-0.3, -0.25) is 14.5 Å². The van der Waals surface area contributed by atoms with Crippen LogP contribution < -0.4 is 4.90 Å². The molecule has 2 heterocycles. The number of aliphatic carboxylic acids is 1. The first-order valence-corrected chi connectivity index (χ1v) is 12.2. The van der Waals surface area contributed by atoms with Crippen LogP contribution in [0.5, 0.6) is 0 Å². The van der Waals surface area contributed by atoms with Gasteiger partial charge in [0, 0.05) is 10.6 Å². The fourth-order valence-electron chi connectivity index (χ4n) is 4.24. The highest BCUT2D eigenvalue weighted by Crippen LogP contribution is 2.47.